The molecule has 0 bridgehead atoms. The lowest BCUT2D eigenvalue weighted by atomic mass is 10.2. The fraction of sp³-hybridized carbons (Fsp3) is 0.588. The van der Waals surface area contributed by atoms with Gasteiger partial charge in [-0.2, -0.15) is 4.31 Å². The topological polar surface area (TPSA) is 69.7 Å². The molecule has 24 heavy (non-hydrogen) atoms. The third-order valence-corrected chi connectivity index (χ3v) is 6.84. The van der Waals surface area contributed by atoms with Crippen molar-refractivity contribution in [1.29, 1.82) is 0 Å². The summed E-state index contributed by atoms with van der Waals surface area (Å²) in [6, 6.07) is 7.02. The van der Waals surface area contributed by atoms with Crippen LogP contribution >= 0.6 is 0 Å². The molecule has 0 atom stereocenters. The van der Waals surface area contributed by atoms with Crippen molar-refractivity contribution in [2.75, 3.05) is 31.5 Å². The summed E-state index contributed by atoms with van der Waals surface area (Å²) in [6.45, 7) is 4.15. The molecule has 0 radical (unpaired) electrons. The molecule has 0 aromatic heterocycles. The number of piperazine rings is 1. The van der Waals surface area contributed by atoms with E-state index in [0.717, 1.165) is 13.1 Å². The molecule has 1 amide bonds. The second-order valence-electron chi connectivity index (χ2n) is 6.58. The molecular formula is C17H25N3O3S. The van der Waals surface area contributed by atoms with Gasteiger partial charge in [-0.05, 0) is 37.1 Å². The summed E-state index contributed by atoms with van der Waals surface area (Å²) in [5.41, 5.74) is 0.604. The highest BCUT2D eigenvalue weighted by molar-refractivity contribution is 7.89. The van der Waals surface area contributed by atoms with Crippen LogP contribution in [0.4, 0.5) is 5.69 Å². The number of hydrogen-bond donors (Lipinski definition) is 1. The maximum atomic E-state index is 12.8. The first-order valence-electron chi connectivity index (χ1n) is 8.59. The molecule has 2 fully saturated rings. The van der Waals surface area contributed by atoms with Crippen LogP contribution in [0.25, 0.3) is 0 Å². The Balaban J connectivity index is 1.64. The third kappa shape index (κ3) is 3.79. The quantitative estimate of drug-likeness (QED) is 0.899. The van der Waals surface area contributed by atoms with Crippen molar-refractivity contribution in [2.45, 2.75) is 43.5 Å². The summed E-state index contributed by atoms with van der Waals surface area (Å²) in [6.07, 6.45) is 5.09. The summed E-state index contributed by atoms with van der Waals surface area (Å²) in [4.78, 5) is 13.8. The second-order valence-corrected chi connectivity index (χ2v) is 8.52. The van der Waals surface area contributed by atoms with Crippen LogP contribution < -0.4 is 5.32 Å². The van der Waals surface area contributed by atoms with Gasteiger partial charge < -0.3 is 5.32 Å². The number of nitrogens with one attached hydrogen (secondary N) is 1. The Kier molecular flexibility index (Phi) is 5.22. The van der Waals surface area contributed by atoms with Gasteiger partial charge in [-0.25, -0.2) is 8.42 Å². The number of carbonyl (C=O) groups excluding carboxylic acids is 1. The summed E-state index contributed by atoms with van der Waals surface area (Å²) >= 11 is 0. The number of amides is 1. The molecule has 132 valence electrons. The number of benzene rings is 1. The molecule has 2 aliphatic rings. The van der Waals surface area contributed by atoms with Gasteiger partial charge >= 0.3 is 0 Å². The molecule has 7 heteroatoms. The first-order valence-corrected chi connectivity index (χ1v) is 10.0. The van der Waals surface area contributed by atoms with Crippen LogP contribution in [0.1, 0.15) is 32.6 Å². The highest BCUT2D eigenvalue weighted by atomic mass is 32.2. The number of sulfonamides is 1. The number of carbonyl (C=O) groups is 1. The van der Waals surface area contributed by atoms with Gasteiger partial charge in [0.2, 0.25) is 15.9 Å². The standard InChI is InChI=1S/C17H25N3O3S/c1-14(21)18-15-6-8-17(9-7-15)24(22,23)20-12-10-19(11-13-20)16-4-2-3-5-16/h6-9,16H,2-5,10-13H2,1H3,(H,18,21). The zero-order valence-electron chi connectivity index (χ0n) is 14.1. The Morgan fingerprint density at radius 3 is 2.17 bits per heavy atom. The Labute approximate surface area is 143 Å². The zero-order chi connectivity index (χ0) is 17.2. The minimum Gasteiger partial charge on any atom is -0.326 e. The number of anilines is 1. The van der Waals surface area contributed by atoms with Crippen molar-refractivity contribution in [3.05, 3.63) is 24.3 Å². The van der Waals surface area contributed by atoms with Crippen molar-refractivity contribution in [3.8, 4) is 0 Å². The molecule has 1 heterocycles. The van der Waals surface area contributed by atoms with E-state index in [-0.39, 0.29) is 10.8 Å². The van der Waals surface area contributed by atoms with Gasteiger partial charge in [-0.3, -0.25) is 9.69 Å². The van der Waals surface area contributed by atoms with Crippen LogP contribution in [-0.4, -0.2) is 55.8 Å². The molecule has 1 aliphatic heterocycles. The van der Waals surface area contributed by atoms with Crippen LogP contribution in [0.15, 0.2) is 29.2 Å². The average molecular weight is 351 g/mol. The summed E-state index contributed by atoms with van der Waals surface area (Å²) in [5, 5.41) is 2.65. The Morgan fingerprint density at radius 1 is 1.04 bits per heavy atom. The minimum atomic E-state index is -3.46. The summed E-state index contributed by atoms with van der Waals surface area (Å²) in [5.74, 6) is -0.173. The van der Waals surface area contributed by atoms with Crippen molar-refractivity contribution in [3.63, 3.8) is 0 Å². The predicted octanol–water partition coefficient (Wildman–Crippen LogP) is 1.89. The molecule has 1 saturated heterocycles. The minimum absolute atomic E-state index is 0.173. The normalized spacial score (nSPS) is 21.0. The van der Waals surface area contributed by atoms with Gasteiger partial charge in [0.25, 0.3) is 0 Å². The Morgan fingerprint density at radius 2 is 1.62 bits per heavy atom. The lowest BCUT2D eigenvalue weighted by Crippen LogP contribution is -2.51. The van der Waals surface area contributed by atoms with Crippen molar-refractivity contribution in [2.24, 2.45) is 0 Å². The van der Waals surface area contributed by atoms with Crippen LogP contribution in [0, 0.1) is 0 Å². The highest BCUT2D eigenvalue weighted by Crippen LogP contribution is 2.26. The smallest absolute Gasteiger partial charge is 0.243 e. The van der Waals surface area contributed by atoms with Gasteiger partial charge in [0.1, 0.15) is 0 Å². The largest absolute Gasteiger partial charge is 0.326 e. The molecule has 0 unspecified atom stereocenters. The fourth-order valence-corrected chi connectivity index (χ4v) is 5.06. The molecule has 6 nitrogen and oxygen atoms in total. The van der Waals surface area contributed by atoms with E-state index in [9.17, 15) is 13.2 Å². The second kappa shape index (κ2) is 7.21. The maximum absolute atomic E-state index is 12.8. The first kappa shape index (κ1) is 17.4. The molecule has 1 aromatic carbocycles. The zero-order valence-corrected chi connectivity index (χ0v) is 14.9. The predicted molar refractivity (Wildman–Crippen MR) is 93.3 cm³/mol. The van der Waals surface area contributed by atoms with Crippen molar-refractivity contribution in [1.82, 2.24) is 9.21 Å². The van der Waals surface area contributed by atoms with E-state index in [4.69, 9.17) is 0 Å². The van der Waals surface area contributed by atoms with E-state index in [0.29, 0.717) is 24.8 Å². The van der Waals surface area contributed by atoms with Crippen molar-refractivity contribution >= 4 is 21.6 Å². The van der Waals surface area contributed by atoms with Crippen molar-refractivity contribution < 1.29 is 13.2 Å². The maximum Gasteiger partial charge on any atom is 0.243 e. The molecule has 1 aliphatic carbocycles. The van der Waals surface area contributed by atoms with Crippen LogP contribution in [0.2, 0.25) is 0 Å². The first-order chi connectivity index (χ1) is 11.5. The molecule has 0 spiro atoms. The molecule has 1 aromatic rings. The van der Waals surface area contributed by atoms with E-state index in [1.165, 1.54) is 32.6 Å². The molecular weight excluding hydrogens is 326 g/mol. The highest BCUT2D eigenvalue weighted by Gasteiger charge is 2.31. The Hall–Kier alpha value is -1.44. The monoisotopic (exact) mass is 351 g/mol. The summed E-state index contributed by atoms with van der Waals surface area (Å²) in [7, 11) is -3.46. The lowest BCUT2D eigenvalue weighted by Gasteiger charge is -2.37. The van der Waals surface area contributed by atoms with E-state index in [2.05, 4.69) is 10.2 Å². The Bertz CT molecular complexity index is 674. The van der Waals surface area contributed by atoms with E-state index >= 15 is 0 Å². The van der Waals surface area contributed by atoms with Gasteiger partial charge in [-0.1, -0.05) is 12.8 Å². The number of hydrogen-bond acceptors (Lipinski definition) is 4. The van der Waals surface area contributed by atoms with Crippen LogP contribution in [0.3, 0.4) is 0 Å². The van der Waals surface area contributed by atoms with Gasteiger partial charge in [-0.15, -0.1) is 0 Å². The van der Waals surface area contributed by atoms with Gasteiger partial charge in [0, 0.05) is 44.8 Å². The van der Waals surface area contributed by atoms with E-state index < -0.39 is 10.0 Å². The molecule has 1 N–H and O–H groups in total. The number of nitrogens with zero attached hydrogens (tertiary/aromatic N) is 2. The van der Waals surface area contributed by atoms with Crippen LogP contribution in [0.5, 0.6) is 0 Å². The average Bonchev–Trinajstić information content (AvgIpc) is 3.09. The van der Waals surface area contributed by atoms with E-state index in [1.54, 1.807) is 28.6 Å². The fourth-order valence-electron chi connectivity index (χ4n) is 3.64. The van der Waals surface area contributed by atoms with Crippen LogP contribution in [-0.2, 0) is 14.8 Å². The SMILES string of the molecule is CC(=O)Nc1ccc(S(=O)(=O)N2CCN(C3CCCC3)CC2)cc1. The lowest BCUT2D eigenvalue weighted by molar-refractivity contribution is -0.114. The van der Waals surface area contributed by atoms with Gasteiger partial charge in [0.15, 0.2) is 0 Å². The molecule has 1 saturated carbocycles. The third-order valence-electron chi connectivity index (χ3n) is 4.93. The van der Waals surface area contributed by atoms with E-state index in [1.807, 2.05) is 0 Å². The summed E-state index contributed by atoms with van der Waals surface area (Å²) < 4.78 is 27.1. The molecule has 3 rings (SSSR count). The number of rotatable bonds is 4. The van der Waals surface area contributed by atoms with Gasteiger partial charge in [0.05, 0.1) is 4.90 Å².